The van der Waals surface area contributed by atoms with Crippen molar-refractivity contribution in [2.45, 2.75) is 4.90 Å². The van der Waals surface area contributed by atoms with E-state index >= 15 is 0 Å². The highest BCUT2D eigenvalue weighted by atomic mass is 35.5. The van der Waals surface area contributed by atoms with E-state index in [2.05, 4.69) is 5.10 Å². The van der Waals surface area contributed by atoms with E-state index in [1.54, 1.807) is 42.5 Å². The van der Waals surface area contributed by atoms with Gasteiger partial charge in [0.2, 0.25) is 5.91 Å². The first kappa shape index (κ1) is 21.9. The highest BCUT2D eigenvalue weighted by Gasteiger charge is 2.37. The second-order valence-electron chi connectivity index (χ2n) is 6.49. The molecule has 2 heterocycles. The lowest BCUT2D eigenvalue weighted by molar-refractivity contribution is -0.142. The van der Waals surface area contributed by atoms with Gasteiger partial charge in [-0.15, -0.1) is 11.6 Å². The summed E-state index contributed by atoms with van der Waals surface area (Å²) in [7, 11) is 0. The maximum Gasteiger partial charge on any atom is 0.264 e. The van der Waals surface area contributed by atoms with Crippen molar-refractivity contribution in [2.24, 2.45) is 5.10 Å². The number of halogens is 4. The molecule has 10 heteroatoms. The number of carbonyl (C=O) groups excluding carboxylic acids is 2. The van der Waals surface area contributed by atoms with E-state index in [0.717, 1.165) is 9.80 Å². The first-order chi connectivity index (χ1) is 14.9. The molecule has 5 nitrogen and oxygen atoms in total. The summed E-state index contributed by atoms with van der Waals surface area (Å²) in [4.78, 5) is 27.4. The van der Waals surface area contributed by atoms with Crippen LogP contribution in [0.5, 0.6) is 0 Å². The van der Waals surface area contributed by atoms with Crippen LogP contribution in [0, 0.1) is 5.82 Å². The normalized spacial score (nSPS) is 15.9. The molecule has 0 saturated carbocycles. The van der Waals surface area contributed by atoms with Gasteiger partial charge in [-0.1, -0.05) is 41.0 Å². The minimum Gasteiger partial charge on any atom is -0.273 e. The highest BCUT2D eigenvalue weighted by Crippen LogP contribution is 2.39. The van der Waals surface area contributed by atoms with Crippen LogP contribution >= 0.6 is 46.6 Å². The average molecular weight is 497 g/mol. The summed E-state index contributed by atoms with van der Waals surface area (Å²) in [5.41, 5.74) is 0.936. The lowest BCUT2D eigenvalue weighted by atomic mass is 9.99. The third-order valence-electron chi connectivity index (χ3n) is 4.54. The molecule has 0 aliphatic carbocycles. The predicted octanol–water partition coefficient (Wildman–Crippen LogP) is 5.39. The summed E-state index contributed by atoms with van der Waals surface area (Å²) in [6, 6.07) is 10.9. The molecule has 0 bridgehead atoms. The topological polar surface area (TPSA) is 53.0 Å². The first-order valence-electron chi connectivity index (χ1n) is 8.96. The number of carbonyl (C=O) groups is 2. The fourth-order valence-electron chi connectivity index (χ4n) is 3.12. The van der Waals surface area contributed by atoms with Crippen molar-refractivity contribution in [1.29, 1.82) is 0 Å². The van der Waals surface area contributed by atoms with Gasteiger partial charge in [0.25, 0.3) is 5.91 Å². The summed E-state index contributed by atoms with van der Waals surface area (Å²) in [6.07, 6.45) is 3.45. The molecule has 0 fully saturated rings. The van der Waals surface area contributed by atoms with Gasteiger partial charge in [-0.3, -0.25) is 14.5 Å². The Labute approximate surface area is 196 Å². The summed E-state index contributed by atoms with van der Waals surface area (Å²) >= 11 is 19.7. The summed E-state index contributed by atoms with van der Waals surface area (Å²) < 4.78 is 13.2. The van der Waals surface area contributed by atoms with E-state index in [0.29, 0.717) is 16.3 Å². The molecule has 2 aromatic rings. The Morgan fingerprint density at radius 2 is 1.77 bits per heavy atom. The first-order valence-corrected chi connectivity index (χ1v) is 11.1. The van der Waals surface area contributed by atoms with Crippen LogP contribution in [0.25, 0.3) is 5.57 Å². The van der Waals surface area contributed by atoms with Gasteiger partial charge in [0.15, 0.2) is 0 Å². The number of allylic oxidation sites excluding steroid dienone is 1. The number of thioether (sulfide) groups is 1. The van der Waals surface area contributed by atoms with Crippen LogP contribution in [0.2, 0.25) is 10.0 Å². The van der Waals surface area contributed by atoms with Crippen LogP contribution in [0.15, 0.2) is 70.3 Å². The molecule has 0 atom stereocenters. The standard InChI is InChI=1S/C21H13Cl3FN3O2S/c22-10-18(29)27-11-28-16(20(21(27)30)19-14(23)2-1-3-15(19)24)8-9-17(26-28)31-13-6-4-12(25)5-7-13/h1-9H,10-11H2. The maximum absolute atomic E-state index is 13.2. The Balaban J connectivity index is 1.79. The average Bonchev–Trinajstić information content (AvgIpc) is 2.76. The van der Waals surface area contributed by atoms with Gasteiger partial charge >= 0.3 is 0 Å². The lowest BCUT2D eigenvalue weighted by Crippen LogP contribution is -2.49. The van der Waals surface area contributed by atoms with Crippen molar-refractivity contribution in [1.82, 2.24) is 9.91 Å². The number of nitrogens with zero attached hydrogens (tertiary/aromatic N) is 3. The Kier molecular flexibility index (Phi) is 6.39. The van der Waals surface area contributed by atoms with Crippen molar-refractivity contribution in [3.63, 3.8) is 0 Å². The smallest absolute Gasteiger partial charge is 0.264 e. The van der Waals surface area contributed by atoms with Gasteiger partial charge in [0.05, 0.1) is 21.3 Å². The van der Waals surface area contributed by atoms with E-state index in [4.69, 9.17) is 34.8 Å². The maximum atomic E-state index is 13.2. The summed E-state index contributed by atoms with van der Waals surface area (Å²) in [5, 5.41) is 7.21. The second kappa shape index (κ2) is 9.04. The molecule has 2 aliphatic rings. The van der Waals surface area contributed by atoms with E-state index in [-0.39, 0.29) is 34.0 Å². The van der Waals surface area contributed by atoms with Gasteiger partial charge in [-0.05, 0) is 48.6 Å². The molecule has 4 rings (SSSR count). The van der Waals surface area contributed by atoms with Crippen LogP contribution < -0.4 is 0 Å². The summed E-state index contributed by atoms with van der Waals surface area (Å²) in [6.45, 7) is -0.108. The molecular weight excluding hydrogens is 484 g/mol. The van der Waals surface area contributed by atoms with Gasteiger partial charge in [-0.2, -0.15) is 5.10 Å². The minimum absolute atomic E-state index is 0.108. The van der Waals surface area contributed by atoms with Crippen molar-refractivity contribution >= 4 is 69.0 Å². The molecule has 2 amide bonds. The minimum atomic E-state index is -0.566. The third-order valence-corrected chi connectivity index (χ3v) is 6.33. The number of rotatable bonds is 3. The van der Waals surface area contributed by atoms with Crippen LogP contribution in [-0.2, 0) is 9.59 Å². The number of alkyl halides is 1. The molecular formula is C21H13Cl3FN3O2S. The number of benzene rings is 2. The fraction of sp³-hybridized carbons (Fsp3) is 0.0952. The molecule has 0 unspecified atom stereocenters. The molecule has 2 aliphatic heterocycles. The summed E-state index contributed by atoms with van der Waals surface area (Å²) in [5.74, 6) is -1.82. The molecule has 0 radical (unpaired) electrons. The molecule has 2 aromatic carbocycles. The van der Waals surface area contributed by atoms with Gasteiger partial charge in [-0.25, -0.2) is 9.40 Å². The number of fused-ring (bicyclic) bond motifs is 1. The van der Waals surface area contributed by atoms with E-state index in [9.17, 15) is 14.0 Å². The van der Waals surface area contributed by atoms with Crippen molar-refractivity contribution in [3.8, 4) is 0 Å². The van der Waals surface area contributed by atoms with Crippen molar-refractivity contribution in [2.75, 3.05) is 12.5 Å². The zero-order chi connectivity index (χ0) is 22.1. The number of hydrazone groups is 1. The Hall–Kier alpha value is -2.32. The monoisotopic (exact) mass is 495 g/mol. The zero-order valence-corrected chi connectivity index (χ0v) is 18.8. The Morgan fingerprint density at radius 3 is 2.42 bits per heavy atom. The van der Waals surface area contributed by atoms with Crippen LogP contribution in [-0.4, -0.2) is 39.3 Å². The van der Waals surface area contributed by atoms with Gasteiger partial charge in [0.1, 0.15) is 23.4 Å². The largest absolute Gasteiger partial charge is 0.273 e. The number of hydrogen-bond donors (Lipinski definition) is 0. The molecule has 0 N–H and O–H groups in total. The molecule has 158 valence electrons. The Bertz CT molecular complexity index is 1140. The van der Waals surface area contributed by atoms with Crippen molar-refractivity contribution in [3.05, 3.63) is 81.7 Å². The Morgan fingerprint density at radius 1 is 1.10 bits per heavy atom. The molecule has 0 saturated heterocycles. The van der Waals surface area contributed by atoms with Crippen LogP contribution in [0.4, 0.5) is 4.39 Å². The number of amides is 2. The van der Waals surface area contributed by atoms with Crippen LogP contribution in [0.3, 0.4) is 0 Å². The second-order valence-corrected chi connectivity index (χ2v) is 8.66. The van der Waals surface area contributed by atoms with Gasteiger partial charge < -0.3 is 0 Å². The molecule has 31 heavy (non-hydrogen) atoms. The lowest BCUT2D eigenvalue weighted by Gasteiger charge is -2.36. The van der Waals surface area contributed by atoms with Crippen LogP contribution in [0.1, 0.15) is 5.56 Å². The number of hydrogen-bond acceptors (Lipinski definition) is 5. The predicted molar refractivity (Wildman–Crippen MR) is 121 cm³/mol. The molecule has 0 spiro atoms. The van der Waals surface area contributed by atoms with Gasteiger partial charge in [0, 0.05) is 10.5 Å². The third kappa shape index (κ3) is 4.36. The van der Waals surface area contributed by atoms with E-state index < -0.39 is 11.8 Å². The fourth-order valence-corrected chi connectivity index (χ4v) is 4.64. The zero-order valence-electron chi connectivity index (χ0n) is 15.7. The quantitative estimate of drug-likeness (QED) is 0.535. The number of imide groups is 1. The molecule has 0 aromatic heterocycles. The highest BCUT2D eigenvalue weighted by molar-refractivity contribution is 8.14. The van der Waals surface area contributed by atoms with Crippen molar-refractivity contribution < 1.29 is 14.0 Å². The van der Waals surface area contributed by atoms with E-state index in [1.807, 2.05) is 0 Å². The van der Waals surface area contributed by atoms with E-state index in [1.165, 1.54) is 28.9 Å². The SMILES string of the molecule is O=C(CCl)N1CN2N=C(Sc3ccc(F)cc3)C=CC2=C(c2c(Cl)cccc2Cl)C1=O.